The molecular weight excluding hydrogens is 156 g/mol. The van der Waals surface area contributed by atoms with Crippen LogP contribution in [0.5, 0.6) is 0 Å². The molecule has 68 valence electrons. The molecule has 1 rings (SSSR count). The normalized spacial score (nSPS) is 16.0. The molecule has 0 saturated carbocycles. The number of aromatic nitrogens is 3. The van der Waals surface area contributed by atoms with E-state index in [-0.39, 0.29) is 0 Å². The molecule has 5 heteroatoms. The molecule has 1 atom stereocenters. The molecule has 0 spiro atoms. The maximum atomic E-state index is 5.56. The molecule has 0 aliphatic rings. The van der Waals surface area contributed by atoms with Gasteiger partial charge in [-0.3, -0.25) is 4.68 Å². The first-order valence-electron chi connectivity index (χ1n) is 3.74. The van der Waals surface area contributed by atoms with Crippen LogP contribution >= 0.6 is 0 Å². The molecule has 1 aromatic rings. The maximum absolute atomic E-state index is 5.56. The van der Waals surface area contributed by atoms with Crippen LogP contribution in [0.4, 0.5) is 0 Å². The fourth-order valence-corrected chi connectivity index (χ4v) is 0.882. The smallest absolute Gasteiger partial charge is 0.122 e. The van der Waals surface area contributed by atoms with E-state index in [1.54, 1.807) is 18.0 Å². The molecule has 1 unspecified atom stereocenters. The third-order valence-corrected chi connectivity index (χ3v) is 1.98. The van der Waals surface area contributed by atoms with E-state index in [2.05, 4.69) is 10.3 Å². The van der Waals surface area contributed by atoms with Crippen LogP contribution in [0, 0.1) is 0 Å². The minimum absolute atomic E-state index is 0.391. The number of ether oxygens (including phenoxy) is 1. The minimum Gasteiger partial charge on any atom is -0.371 e. The van der Waals surface area contributed by atoms with Crippen LogP contribution in [-0.4, -0.2) is 28.6 Å². The molecule has 5 nitrogen and oxygen atoms in total. The molecule has 1 heterocycles. The summed E-state index contributed by atoms with van der Waals surface area (Å²) < 4.78 is 6.87. The van der Waals surface area contributed by atoms with E-state index in [4.69, 9.17) is 10.5 Å². The first-order chi connectivity index (χ1) is 5.62. The van der Waals surface area contributed by atoms with E-state index < -0.39 is 5.60 Å². The largest absolute Gasteiger partial charge is 0.371 e. The Balaban J connectivity index is 2.94. The van der Waals surface area contributed by atoms with Gasteiger partial charge in [-0.15, -0.1) is 5.10 Å². The summed E-state index contributed by atoms with van der Waals surface area (Å²) in [6.45, 7) is 2.28. The predicted molar refractivity (Wildman–Crippen MR) is 44.4 cm³/mol. The summed E-state index contributed by atoms with van der Waals surface area (Å²) in [6, 6.07) is 0. The van der Waals surface area contributed by atoms with Crippen LogP contribution < -0.4 is 5.73 Å². The van der Waals surface area contributed by atoms with Crippen molar-refractivity contribution in [3.63, 3.8) is 0 Å². The van der Waals surface area contributed by atoms with Gasteiger partial charge in [0.05, 0.1) is 6.20 Å². The quantitative estimate of drug-likeness (QED) is 0.672. The highest BCUT2D eigenvalue weighted by atomic mass is 16.5. The van der Waals surface area contributed by atoms with Gasteiger partial charge in [0.25, 0.3) is 0 Å². The highest BCUT2D eigenvalue weighted by Gasteiger charge is 2.27. The van der Waals surface area contributed by atoms with E-state index in [0.717, 1.165) is 5.69 Å². The summed E-state index contributed by atoms with van der Waals surface area (Å²) in [4.78, 5) is 0. The molecule has 0 bridgehead atoms. The molecule has 0 fully saturated rings. The Morgan fingerprint density at radius 2 is 2.42 bits per heavy atom. The lowest BCUT2D eigenvalue weighted by atomic mass is 10.0. The second-order valence-electron chi connectivity index (χ2n) is 2.92. The number of methoxy groups -OCH3 is 1. The molecule has 0 saturated heterocycles. The van der Waals surface area contributed by atoms with Crippen molar-refractivity contribution >= 4 is 0 Å². The Labute approximate surface area is 71.5 Å². The van der Waals surface area contributed by atoms with Crippen molar-refractivity contribution in [2.24, 2.45) is 12.8 Å². The topological polar surface area (TPSA) is 66.0 Å². The fraction of sp³-hybridized carbons (Fsp3) is 0.714. The summed E-state index contributed by atoms with van der Waals surface area (Å²) in [5.41, 5.74) is 5.80. The number of nitrogens with zero attached hydrogens (tertiary/aromatic N) is 3. The van der Waals surface area contributed by atoms with Crippen LogP contribution in [0.3, 0.4) is 0 Å². The Morgan fingerprint density at radius 3 is 2.75 bits per heavy atom. The second-order valence-corrected chi connectivity index (χ2v) is 2.92. The van der Waals surface area contributed by atoms with Gasteiger partial charge in [0.2, 0.25) is 0 Å². The Kier molecular flexibility index (Phi) is 2.44. The number of hydrogen-bond donors (Lipinski definition) is 1. The summed E-state index contributed by atoms with van der Waals surface area (Å²) >= 11 is 0. The van der Waals surface area contributed by atoms with Gasteiger partial charge >= 0.3 is 0 Å². The third-order valence-electron chi connectivity index (χ3n) is 1.98. The number of hydrogen-bond acceptors (Lipinski definition) is 4. The van der Waals surface area contributed by atoms with E-state index >= 15 is 0 Å². The summed E-state index contributed by atoms with van der Waals surface area (Å²) in [7, 11) is 3.42. The van der Waals surface area contributed by atoms with Crippen molar-refractivity contribution in [3.05, 3.63) is 11.9 Å². The SMILES string of the molecule is COC(C)(CN)c1cn(C)nn1. The molecule has 1 aromatic heterocycles. The third kappa shape index (κ3) is 1.46. The molecule has 0 radical (unpaired) electrons. The van der Waals surface area contributed by atoms with Gasteiger partial charge in [-0.05, 0) is 6.92 Å². The van der Waals surface area contributed by atoms with Gasteiger partial charge in [-0.25, -0.2) is 0 Å². The van der Waals surface area contributed by atoms with Crippen LogP contribution in [-0.2, 0) is 17.4 Å². The van der Waals surface area contributed by atoms with E-state index in [1.165, 1.54) is 0 Å². The van der Waals surface area contributed by atoms with Crippen LogP contribution in [0.15, 0.2) is 6.20 Å². The van der Waals surface area contributed by atoms with Crippen molar-refractivity contribution in [2.75, 3.05) is 13.7 Å². The van der Waals surface area contributed by atoms with E-state index in [1.807, 2.05) is 14.0 Å². The zero-order valence-corrected chi connectivity index (χ0v) is 7.61. The molecule has 12 heavy (non-hydrogen) atoms. The molecular formula is C7H14N4O. The lowest BCUT2D eigenvalue weighted by Crippen LogP contribution is -2.34. The average Bonchev–Trinajstić information content (AvgIpc) is 2.51. The van der Waals surface area contributed by atoms with Gasteiger partial charge in [0, 0.05) is 20.7 Å². The van der Waals surface area contributed by atoms with E-state index in [0.29, 0.717) is 6.54 Å². The monoisotopic (exact) mass is 170 g/mol. The van der Waals surface area contributed by atoms with Crippen molar-refractivity contribution in [1.82, 2.24) is 15.0 Å². The van der Waals surface area contributed by atoms with Crippen molar-refractivity contribution in [3.8, 4) is 0 Å². The zero-order valence-electron chi connectivity index (χ0n) is 7.61. The average molecular weight is 170 g/mol. The maximum Gasteiger partial charge on any atom is 0.122 e. The van der Waals surface area contributed by atoms with Gasteiger partial charge in [-0.2, -0.15) is 0 Å². The van der Waals surface area contributed by atoms with Crippen LogP contribution in [0.25, 0.3) is 0 Å². The summed E-state index contributed by atoms with van der Waals surface area (Å²) in [5, 5.41) is 7.75. The number of aryl methyl sites for hydroxylation is 1. The van der Waals surface area contributed by atoms with Gasteiger partial charge in [-0.1, -0.05) is 5.21 Å². The molecule has 0 aliphatic carbocycles. The van der Waals surface area contributed by atoms with Crippen LogP contribution in [0.2, 0.25) is 0 Å². The lowest BCUT2D eigenvalue weighted by molar-refractivity contribution is 0.00631. The minimum atomic E-state index is -0.520. The first kappa shape index (κ1) is 9.15. The Hall–Kier alpha value is -0.940. The van der Waals surface area contributed by atoms with Gasteiger partial charge < -0.3 is 10.5 Å². The first-order valence-corrected chi connectivity index (χ1v) is 3.74. The van der Waals surface area contributed by atoms with Gasteiger partial charge in [0.1, 0.15) is 11.3 Å². The highest BCUT2D eigenvalue weighted by Crippen LogP contribution is 2.19. The standard InChI is InChI=1S/C7H14N4O/c1-7(5-8,12-3)6-4-11(2)10-9-6/h4H,5,8H2,1-3H3. The lowest BCUT2D eigenvalue weighted by Gasteiger charge is -2.22. The Bertz CT molecular complexity index is 254. The molecule has 0 aromatic carbocycles. The molecule has 2 N–H and O–H groups in total. The van der Waals surface area contributed by atoms with Crippen molar-refractivity contribution in [2.45, 2.75) is 12.5 Å². The molecule has 0 aliphatic heterocycles. The fourth-order valence-electron chi connectivity index (χ4n) is 0.882. The Morgan fingerprint density at radius 1 is 1.75 bits per heavy atom. The van der Waals surface area contributed by atoms with Crippen molar-refractivity contribution in [1.29, 1.82) is 0 Å². The summed E-state index contributed by atoms with van der Waals surface area (Å²) in [5.74, 6) is 0. The predicted octanol–water partition coefficient (Wildman–Crippen LogP) is -0.365. The van der Waals surface area contributed by atoms with E-state index in [9.17, 15) is 0 Å². The highest BCUT2D eigenvalue weighted by molar-refractivity contribution is 5.06. The second kappa shape index (κ2) is 3.20. The van der Waals surface area contributed by atoms with Crippen LogP contribution in [0.1, 0.15) is 12.6 Å². The van der Waals surface area contributed by atoms with Gasteiger partial charge in [0.15, 0.2) is 0 Å². The summed E-state index contributed by atoms with van der Waals surface area (Å²) in [6.07, 6.45) is 1.80. The zero-order chi connectivity index (χ0) is 9.19. The number of nitrogens with two attached hydrogens (primary N) is 1. The molecule has 0 amide bonds. The number of rotatable bonds is 3. The van der Waals surface area contributed by atoms with Crippen molar-refractivity contribution < 1.29 is 4.74 Å².